The highest BCUT2D eigenvalue weighted by molar-refractivity contribution is 4.32. The van der Waals surface area contributed by atoms with Crippen LogP contribution in [-0.4, -0.2) is 35.6 Å². The summed E-state index contributed by atoms with van der Waals surface area (Å²) in [5.74, 6) is 0.880. The largest absolute Gasteiger partial charge is 0.400 e. The van der Waals surface area contributed by atoms with Crippen molar-refractivity contribution in [2.45, 2.75) is 27.7 Å². The Bertz CT molecular complexity index is 45.7. The normalized spacial score (nSPS) is 8.50. The summed E-state index contributed by atoms with van der Waals surface area (Å²) in [6, 6.07) is 0. The summed E-state index contributed by atoms with van der Waals surface area (Å²) < 4.78 is 0. The standard InChI is InChI=1S/2C4H10O.CH4O/c2*1-4(2)3-5;1-2/h2*4-5H,3H2,1-2H3;2H,1H3. The van der Waals surface area contributed by atoms with E-state index >= 15 is 0 Å². The van der Waals surface area contributed by atoms with E-state index in [1.165, 1.54) is 0 Å². The molecule has 0 aromatic rings. The van der Waals surface area contributed by atoms with Gasteiger partial charge in [0, 0.05) is 20.3 Å². The predicted molar refractivity (Wildman–Crippen MR) is 52.0 cm³/mol. The van der Waals surface area contributed by atoms with Gasteiger partial charge in [-0.2, -0.15) is 0 Å². The highest BCUT2D eigenvalue weighted by Crippen LogP contribution is 1.83. The molecule has 0 saturated heterocycles. The summed E-state index contributed by atoms with van der Waals surface area (Å²) in [6.07, 6.45) is 0. The number of aliphatic hydroxyl groups is 3. The molecule has 12 heavy (non-hydrogen) atoms. The zero-order chi connectivity index (χ0) is 10.6. The molecule has 0 aliphatic rings. The maximum absolute atomic E-state index is 8.14. The van der Waals surface area contributed by atoms with Gasteiger partial charge < -0.3 is 15.3 Å². The van der Waals surface area contributed by atoms with E-state index in [9.17, 15) is 0 Å². The molecule has 78 valence electrons. The molecule has 0 unspecified atom stereocenters. The van der Waals surface area contributed by atoms with Crippen molar-refractivity contribution in [2.75, 3.05) is 20.3 Å². The van der Waals surface area contributed by atoms with E-state index in [1.54, 1.807) is 0 Å². The molecule has 3 N–H and O–H groups in total. The Morgan fingerprint density at radius 2 is 0.833 bits per heavy atom. The van der Waals surface area contributed by atoms with Crippen LogP contribution in [0.5, 0.6) is 0 Å². The predicted octanol–water partition coefficient (Wildman–Crippen LogP) is 0.878. The second-order valence-corrected chi connectivity index (χ2v) is 3.15. The molecule has 0 amide bonds. The van der Waals surface area contributed by atoms with Crippen LogP contribution >= 0.6 is 0 Å². The Labute approximate surface area is 76.1 Å². The first-order valence-electron chi connectivity index (χ1n) is 4.21. The van der Waals surface area contributed by atoms with Gasteiger partial charge in [0.25, 0.3) is 0 Å². The summed E-state index contributed by atoms with van der Waals surface area (Å²) in [4.78, 5) is 0. The van der Waals surface area contributed by atoms with E-state index in [-0.39, 0.29) is 0 Å². The molecular formula is C9H24O3. The van der Waals surface area contributed by atoms with Crippen LogP contribution < -0.4 is 0 Å². The van der Waals surface area contributed by atoms with Crippen molar-refractivity contribution in [1.82, 2.24) is 0 Å². The summed E-state index contributed by atoms with van der Waals surface area (Å²) in [5.41, 5.74) is 0. The fourth-order valence-corrected chi connectivity index (χ4v) is 0. The van der Waals surface area contributed by atoms with Gasteiger partial charge >= 0.3 is 0 Å². The fraction of sp³-hybridized carbons (Fsp3) is 1.00. The lowest BCUT2D eigenvalue weighted by Gasteiger charge is -1.90. The zero-order valence-corrected chi connectivity index (χ0v) is 8.91. The Morgan fingerprint density at radius 1 is 0.750 bits per heavy atom. The molecule has 0 bridgehead atoms. The lowest BCUT2D eigenvalue weighted by Crippen LogP contribution is -1.90. The molecule has 0 aromatic heterocycles. The highest BCUT2D eigenvalue weighted by atomic mass is 16.3. The Hall–Kier alpha value is -0.120. The van der Waals surface area contributed by atoms with Crippen molar-refractivity contribution in [1.29, 1.82) is 0 Å². The molecule has 3 heteroatoms. The molecule has 0 spiro atoms. The monoisotopic (exact) mass is 180 g/mol. The van der Waals surface area contributed by atoms with Crippen molar-refractivity contribution in [3.8, 4) is 0 Å². The first kappa shape index (κ1) is 17.8. The molecule has 0 aliphatic carbocycles. The molecule has 0 heterocycles. The summed E-state index contributed by atoms with van der Waals surface area (Å²) in [5, 5.41) is 23.3. The first-order chi connectivity index (χ1) is 5.54. The molecule has 3 nitrogen and oxygen atoms in total. The van der Waals surface area contributed by atoms with Gasteiger partial charge in [0.05, 0.1) is 0 Å². The Morgan fingerprint density at radius 3 is 0.833 bits per heavy atom. The van der Waals surface area contributed by atoms with Gasteiger partial charge in [-0.1, -0.05) is 27.7 Å². The van der Waals surface area contributed by atoms with Gasteiger partial charge in [-0.25, -0.2) is 0 Å². The molecule has 0 aromatic carbocycles. The second kappa shape index (κ2) is 17.1. The van der Waals surface area contributed by atoms with Gasteiger partial charge in [0.1, 0.15) is 0 Å². The zero-order valence-electron chi connectivity index (χ0n) is 8.91. The van der Waals surface area contributed by atoms with Gasteiger partial charge in [0.15, 0.2) is 0 Å². The summed E-state index contributed by atoms with van der Waals surface area (Å²) in [6.45, 7) is 8.50. The third kappa shape index (κ3) is 51.8. The van der Waals surface area contributed by atoms with Crippen LogP contribution in [0.4, 0.5) is 0 Å². The lowest BCUT2D eigenvalue weighted by atomic mass is 10.2. The molecule has 0 radical (unpaired) electrons. The number of rotatable bonds is 2. The van der Waals surface area contributed by atoms with Gasteiger partial charge in [-0.05, 0) is 11.8 Å². The van der Waals surface area contributed by atoms with Gasteiger partial charge in [-0.3, -0.25) is 0 Å². The number of hydrogen-bond donors (Lipinski definition) is 3. The van der Waals surface area contributed by atoms with Crippen molar-refractivity contribution in [2.24, 2.45) is 11.8 Å². The highest BCUT2D eigenvalue weighted by Gasteiger charge is 1.82. The fourth-order valence-electron chi connectivity index (χ4n) is 0. The van der Waals surface area contributed by atoms with Crippen LogP contribution in [0.3, 0.4) is 0 Å². The Balaban J connectivity index is -0.000000112. The van der Waals surface area contributed by atoms with Crippen LogP contribution in [-0.2, 0) is 0 Å². The van der Waals surface area contributed by atoms with E-state index in [1.807, 2.05) is 27.7 Å². The van der Waals surface area contributed by atoms with Crippen molar-refractivity contribution < 1.29 is 15.3 Å². The van der Waals surface area contributed by atoms with E-state index in [0.717, 1.165) is 7.11 Å². The topological polar surface area (TPSA) is 60.7 Å². The second-order valence-electron chi connectivity index (χ2n) is 3.15. The minimum absolute atomic E-state index is 0.306. The number of aliphatic hydroxyl groups excluding tert-OH is 3. The molecular weight excluding hydrogens is 156 g/mol. The molecule has 0 atom stereocenters. The molecule has 0 fully saturated rings. The van der Waals surface area contributed by atoms with Crippen molar-refractivity contribution in [3.63, 3.8) is 0 Å². The van der Waals surface area contributed by atoms with Gasteiger partial charge in [0.2, 0.25) is 0 Å². The quantitative estimate of drug-likeness (QED) is 0.591. The van der Waals surface area contributed by atoms with Crippen LogP contribution in [0.1, 0.15) is 27.7 Å². The van der Waals surface area contributed by atoms with Crippen LogP contribution in [0.15, 0.2) is 0 Å². The summed E-state index contributed by atoms with van der Waals surface area (Å²) in [7, 11) is 1.00. The minimum atomic E-state index is 0.306. The third-order valence-electron chi connectivity index (χ3n) is 0.730. The third-order valence-corrected chi connectivity index (χ3v) is 0.730. The average molecular weight is 180 g/mol. The SMILES string of the molecule is CC(C)CO.CC(C)CO.CO. The Kier molecular flexibility index (Phi) is 25.4. The smallest absolute Gasteiger partial charge is 0.0453 e. The van der Waals surface area contributed by atoms with Gasteiger partial charge in [-0.15, -0.1) is 0 Å². The van der Waals surface area contributed by atoms with E-state index in [2.05, 4.69) is 0 Å². The summed E-state index contributed by atoms with van der Waals surface area (Å²) >= 11 is 0. The van der Waals surface area contributed by atoms with Crippen molar-refractivity contribution >= 4 is 0 Å². The maximum Gasteiger partial charge on any atom is 0.0453 e. The number of hydrogen-bond acceptors (Lipinski definition) is 3. The van der Waals surface area contributed by atoms with Crippen molar-refractivity contribution in [3.05, 3.63) is 0 Å². The minimum Gasteiger partial charge on any atom is -0.400 e. The van der Waals surface area contributed by atoms with Crippen LogP contribution in [0, 0.1) is 11.8 Å². The van der Waals surface area contributed by atoms with Crippen LogP contribution in [0.25, 0.3) is 0 Å². The maximum atomic E-state index is 8.14. The molecule has 0 rings (SSSR count). The molecule has 0 saturated carbocycles. The lowest BCUT2D eigenvalue weighted by molar-refractivity contribution is 0.248. The average Bonchev–Trinajstić information content (AvgIpc) is 2.09. The van der Waals surface area contributed by atoms with Crippen LogP contribution in [0.2, 0.25) is 0 Å². The molecule has 0 aliphatic heterocycles. The van der Waals surface area contributed by atoms with E-state index < -0.39 is 0 Å². The van der Waals surface area contributed by atoms with E-state index in [0.29, 0.717) is 25.0 Å². The first-order valence-corrected chi connectivity index (χ1v) is 4.21. The van der Waals surface area contributed by atoms with E-state index in [4.69, 9.17) is 15.3 Å².